The molecule has 3 rings (SSSR count). The Bertz CT molecular complexity index is 1020. The van der Waals surface area contributed by atoms with E-state index in [1.54, 1.807) is 24.3 Å². The standard InChI is InChI=1S/C23H29F2N3O2S.2ClH/c24-23(25,18-8-4-3-5-9-18)16-27-14-7-2-1-6-13-26-15-12-17-10-11-19(29)20-21(17)31-22(30)28-20;;/h3-5,8-11,26-27,29H,1-2,6-7,12-16H2,(H,28,30);2*1H. The molecule has 0 spiro atoms. The number of hydrogen-bond acceptors (Lipinski definition) is 5. The van der Waals surface area contributed by atoms with Gasteiger partial charge in [0.2, 0.25) is 0 Å². The van der Waals surface area contributed by atoms with Gasteiger partial charge in [0.15, 0.2) is 0 Å². The molecule has 1 heterocycles. The van der Waals surface area contributed by atoms with E-state index in [4.69, 9.17) is 0 Å². The van der Waals surface area contributed by atoms with Crippen LogP contribution in [0.2, 0.25) is 0 Å². The highest BCUT2D eigenvalue weighted by Crippen LogP contribution is 2.28. The lowest BCUT2D eigenvalue weighted by Crippen LogP contribution is -2.31. The molecule has 0 aliphatic rings. The SMILES string of the molecule is Cl.Cl.O=c1[nH]c2c(O)ccc(CCNCCCCCCNCC(F)(F)c3ccccc3)c2s1. The molecular formula is C23H31Cl2F2N3O2S. The molecule has 0 aliphatic heterocycles. The van der Waals surface area contributed by atoms with Gasteiger partial charge in [-0.05, 0) is 50.5 Å². The highest BCUT2D eigenvalue weighted by atomic mass is 35.5. The van der Waals surface area contributed by atoms with Crippen LogP contribution in [-0.2, 0) is 12.3 Å². The van der Waals surface area contributed by atoms with Crippen molar-refractivity contribution in [3.8, 4) is 5.75 Å². The number of thiazole rings is 1. The summed E-state index contributed by atoms with van der Waals surface area (Å²) in [5, 5.41) is 16.1. The monoisotopic (exact) mass is 521 g/mol. The first kappa shape index (κ1) is 29.3. The lowest BCUT2D eigenvalue weighted by molar-refractivity contribution is -0.00301. The lowest BCUT2D eigenvalue weighted by Gasteiger charge is -2.17. The molecule has 0 atom stereocenters. The number of aromatic amines is 1. The number of hydrogen-bond donors (Lipinski definition) is 4. The second-order valence-electron chi connectivity index (χ2n) is 7.62. The second-order valence-corrected chi connectivity index (χ2v) is 8.61. The molecule has 0 bridgehead atoms. The van der Waals surface area contributed by atoms with Crippen LogP contribution in [0.25, 0.3) is 10.2 Å². The van der Waals surface area contributed by atoms with E-state index in [0.29, 0.717) is 12.1 Å². The summed E-state index contributed by atoms with van der Waals surface area (Å²) in [7, 11) is 0. The van der Waals surface area contributed by atoms with Crippen molar-refractivity contribution in [2.45, 2.75) is 38.0 Å². The zero-order valence-electron chi connectivity index (χ0n) is 18.2. The highest BCUT2D eigenvalue weighted by Gasteiger charge is 2.30. The Balaban J connectivity index is 0.00000272. The molecule has 33 heavy (non-hydrogen) atoms. The third-order valence-electron chi connectivity index (χ3n) is 5.21. The molecule has 0 saturated heterocycles. The van der Waals surface area contributed by atoms with Crippen LogP contribution in [0, 0.1) is 0 Å². The number of aromatic nitrogens is 1. The van der Waals surface area contributed by atoms with Crippen molar-refractivity contribution in [1.29, 1.82) is 0 Å². The van der Waals surface area contributed by atoms with Crippen molar-refractivity contribution in [2.24, 2.45) is 0 Å². The summed E-state index contributed by atoms with van der Waals surface area (Å²) < 4.78 is 28.9. The Morgan fingerprint density at radius 2 is 1.58 bits per heavy atom. The van der Waals surface area contributed by atoms with E-state index in [0.717, 1.165) is 66.8 Å². The Labute approximate surface area is 208 Å². The van der Waals surface area contributed by atoms with E-state index in [9.17, 15) is 18.7 Å². The molecule has 10 heteroatoms. The van der Waals surface area contributed by atoms with Crippen LogP contribution in [0.15, 0.2) is 47.3 Å². The molecule has 0 amide bonds. The van der Waals surface area contributed by atoms with E-state index in [2.05, 4.69) is 15.6 Å². The van der Waals surface area contributed by atoms with Crippen LogP contribution in [0.1, 0.15) is 36.8 Å². The van der Waals surface area contributed by atoms with Gasteiger partial charge >= 0.3 is 4.87 Å². The van der Waals surface area contributed by atoms with Gasteiger partial charge in [-0.15, -0.1) is 24.8 Å². The van der Waals surface area contributed by atoms with Crippen LogP contribution in [-0.4, -0.2) is 36.3 Å². The van der Waals surface area contributed by atoms with Gasteiger partial charge in [-0.3, -0.25) is 4.79 Å². The number of rotatable bonds is 13. The number of aromatic hydroxyl groups is 1. The number of unbranched alkanes of at least 4 members (excludes halogenated alkanes) is 3. The number of nitrogens with one attached hydrogen (secondary N) is 3. The van der Waals surface area contributed by atoms with Gasteiger partial charge in [-0.25, -0.2) is 0 Å². The van der Waals surface area contributed by atoms with E-state index < -0.39 is 5.92 Å². The fourth-order valence-electron chi connectivity index (χ4n) is 3.50. The van der Waals surface area contributed by atoms with Crippen molar-refractivity contribution in [1.82, 2.24) is 15.6 Å². The van der Waals surface area contributed by atoms with Crippen LogP contribution in [0.5, 0.6) is 5.75 Å². The Hall–Kier alpha value is -1.71. The van der Waals surface area contributed by atoms with Gasteiger partial charge in [0.05, 0.1) is 11.2 Å². The maximum absolute atomic E-state index is 14.0. The highest BCUT2D eigenvalue weighted by molar-refractivity contribution is 7.16. The van der Waals surface area contributed by atoms with E-state index in [1.807, 2.05) is 6.07 Å². The number of benzene rings is 2. The molecule has 2 aromatic carbocycles. The zero-order chi connectivity index (χ0) is 22.1. The van der Waals surface area contributed by atoms with E-state index in [1.165, 1.54) is 12.1 Å². The summed E-state index contributed by atoms with van der Waals surface area (Å²) in [6.45, 7) is 1.94. The minimum atomic E-state index is -2.84. The van der Waals surface area contributed by atoms with Gasteiger partial charge in [-0.2, -0.15) is 8.78 Å². The summed E-state index contributed by atoms with van der Waals surface area (Å²) in [5.41, 5.74) is 1.61. The topological polar surface area (TPSA) is 77.2 Å². The van der Waals surface area contributed by atoms with Crippen molar-refractivity contribution in [3.05, 3.63) is 63.3 Å². The average Bonchev–Trinajstić information content (AvgIpc) is 3.16. The van der Waals surface area contributed by atoms with Crippen LogP contribution in [0.4, 0.5) is 8.78 Å². The third kappa shape index (κ3) is 8.87. The molecule has 0 saturated carbocycles. The molecule has 4 N–H and O–H groups in total. The summed E-state index contributed by atoms with van der Waals surface area (Å²) in [5.74, 6) is -2.74. The number of H-pyrrole nitrogens is 1. The van der Waals surface area contributed by atoms with Crippen LogP contribution >= 0.6 is 36.2 Å². The fourth-order valence-corrected chi connectivity index (χ4v) is 4.40. The molecule has 0 unspecified atom stereocenters. The van der Waals surface area contributed by atoms with Gasteiger partial charge < -0.3 is 20.7 Å². The normalized spacial score (nSPS) is 11.2. The summed E-state index contributed by atoms with van der Waals surface area (Å²) in [6, 6.07) is 11.4. The van der Waals surface area contributed by atoms with Crippen LogP contribution < -0.4 is 15.5 Å². The Morgan fingerprint density at radius 1 is 0.909 bits per heavy atom. The second kappa shape index (κ2) is 14.5. The van der Waals surface area contributed by atoms with Crippen molar-refractivity contribution < 1.29 is 13.9 Å². The lowest BCUT2D eigenvalue weighted by atomic mass is 10.1. The average molecular weight is 522 g/mol. The van der Waals surface area contributed by atoms with Crippen molar-refractivity contribution >= 4 is 46.4 Å². The number of alkyl halides is 2. The first-order valence-electron chi connectivity index (χ1n) is 10.7. The quantitative estimate of drug-likeness (QED) is 0.233. The van der Waals surface area contributed by atoms with Gasteiger partial charge in [0.1, 0.15) is 11.3 Å². The summed E-state index contributed by atoms with van der Waals surface area (Å²) in [6.07, 6.45) is 4.74. The smallest absolute Gasteiger partial charge is 0.305 e. The van der Waals surface area contributed by atoms with E-state index >= 15 is 0 Å². The minimum absolute atomic E-state index is 0. The fraction of sp³-hybridized carbons (Fsp3) is 0.435. The molecule has 184 valence electrons. The minimum Gasteiger partial charge on any atom is -0.506 e. The predicted molar refractivity (Wildman–Crippen MR) is 137 cm³/mol. The number of phenols is 1. The zero-order valence-corrected chi connectivity index (χ0v) is 20.7. The molecule has 5 nitrogen and oxygen atoms in total. The molecule has 3 aromatic rings. The van der Waals surface area contributed by atoms with E-state index in [-0.39, 0.29) is 47.5 Å². The predicted octanol–water partition coefficient (Wildman–Crippen LogP) is 5.21. The molecule has 0 fully saturated rings. The van der Waals surface area contributed by atoms with Gasteiger partial charge in [0.25, 0.3) is 5.92 Å². The first-order valence-corrected chi connectivity index (χ1v) is 11.5. The molecule has 0 aliphatic carbocycles. The van der Waals surface area contributed by atoms with Crippen LogP contribution in [0.3, 0.4) is 0 Å². The number of fused-ring (bicyclic) bond motifs is 1. The largest absolute Gasteiger partial charge is 0.506 e. The Kier molecular flexibility index (Phi) is 12.9. The third-order valence-corrected chi connectivity index (χ3v) is 6.17. The molecule has 1 aromatic heterocycles. The van der Waals surface area contributed by atoms with Crippen molar-refractivity contribution in [3.63, 3.8) is 0 Å². The Morgan fingerprint density at radius 3 is 2.27 bits per heavy atom. The van der Waals surface area contributed by atoms with Crippen molar-refractivity contribution in [2.75, 3.05) is 26.2 Å². The number of phenolic OH excluding ortho intramolecular Hbond substituents is 1. The first-order chi connectivity index (χ1) is 15.0. The summed E-state index contributed by atoms with van der Waals surface area (Å²) >= 11 is 1.12. The van der Waals surface area contributed by atoms with Gasteiger partial charge in [-0.1, -0.05) is 60.6 Å². The maximum atomic E-state index is 14.0. The summed E-state index contributed by atoms with van der Waals surface area (Å²) in [4.78, 5) is 14.1. The van der Waals surface area contributed by atoms with Gasteiger partial charge in [0, 0.05) is 5.56 Å². The molecule has 0 radical (unpaired) electrons. The maximum Gasteiger partial charge on any atom is 0.305 e. The number of halogens is 4. The molecular weight excluding hydrogens is 491 g/mol.